The highest BCUT2D eigenvalue weighted by Gasteiger charge is 2.43. The maximum atomic E-state index is 12.8. The van der Waals surface area contributed by atoms with E-state index >= 15 is 0 Å². The average molecular weight is 290 g/mol. The Bertz CT molecular complexity index is 541. The zero-order valence-corrected chi connectivity index (χ0v) is 13.3. The van der Waals surface area contributed by atoms with Crippen molar-refractivity contribution in [1.29, 1.82) is 0 Å². The molecule has 2 N–H and O–H groups in total. The molecule has 0 radical (unpaired) electrons. The third-order valence-electron chi connectivity index (χ3n) is 5.15. The van der Waals surface area contributed by atoms with Gasteiger partial charge in [0.05, 0.1) is 11.1 Å². The van der Waals surface area contributed by atoms with Crippen LogP contribution in [0.25, 0.3) is 0 Å². The van der Waals surface area contributed by atoms with Crippen molar-refractivity contribution in [3.63, 3.8) is 0 Å². The summed E-state index contributed by atoms with van der Waals surface area (Å²) in [4.78, 5) is 12.8. The predicted molar refractivity (Wildman–Crippen MR) is 84.4 cm³/mol. The Kier molecular flexibility index (Phi) is 3.68. The normalized spacial score (nSPS) is 28.7. The van der Waals surface area contributed by atoms with Gasteiger partial charge in [-0.25, -0.2) is 0 Å². The highest BCUT2D eigenvalue weighted by atomic mass is 16.2. The van der Waals surface area contributed by atoms with E-state index in [0.717, 1.165) is 68.2 Å². The fourth-order valence-electron chi connectivity index (χ4n) is 3.62. The largest absolute Gasteiger partial charge is 0.367 e. The van der Waals surface area contributed by atoms with Crippen molar-refractivity contribution >= 4 is 17.4 Å². The summed E-state index contributed by atoms with van der Waals surface area (Å²) < 4.78 is 1.87. The Morgan fingerprint density at radius 1 is 1.38 bits per heavy atom. The Balaban J connectivity index is 1.89. The maximum absolute atomic E-state index is 12.8. The average Bonchev–Trinajstić information content (AvgIpc) is 2.66. The topological polar surface area (TPSA) is 59.0 Å². The lowest BCUT2D eigenvalue weighted by Crippen LogP contribution is -2.43. The highest BCUT2D eigenvalue weighted by molar-refractivity contribution is 6.00. The van der Waals surface area contributed by atoms with Crippen LogP contribution in [0, 0.1) is 11.3 Å². The SMILES string of the molecule is CCCc1nn(C)c2c1NC(=O)C1(CCC(C)CC1)CN2. The standard InChI is InChI=1S/C16H26N4O/c1-4-5-12-13-14(20(3)19-12)17-10-16(15(21)18-13)8-6-11(2)7-9-16/h11,17H,4-10H2,1-3H3,(H,18,21). The van der Waals surface area contributed by atoms with Crippen molar-refractivity contribution in [2.24, 2.45) is 18.4 Å². The van der Waals surface area contributed by atoms with Gasteiger partial charge >= 0.3 is 0 Å². The number of rotatable bonds is 2. The first-order valence-electron chi connectivity index (χ1n) is 8.17. The Morgan fingerprint density at radius 3 is 2.76 bits per heavy atom. The molecule has 21 heavy (non-hydrogen) atoms. The summed E-state index contributed by atoms with van der Waals surface area (Å²) in [6, 6.07) is 0. The maximum Gasteiger partial charge on any atom is 0.232 e. The van der Waals surface area contributed by atoms with Crippen molar-refractivity contribution in [3.05, 3.63) is 5.69 Å². The van der Waals surface area contributed by atoms with Crippen LogP contribution in [0.4, 0.5) is 11.5 Å². The Morgan fingerprint density at radius 2 is 2.10 bits per heavy atom. The Hall–Kier alpha value is -1.52. The van der Waals surface area contributed by atoms with Crippen LogP contribution in [-0.2, 0) is 18.3 Å². The van der Waals surface area contributed by atoms with Gasteiger partial charge in [-0.1, -0.05) is 20.3 Å². The summed E-state index contributed by atoms with van der Waals surface area (Å²) in [5, 5.41) is 11.2. The summed E-state index contributed by atoms with van der Waals surface area (Å²) in [6.45, 7) is 5.15. The molecular weight excluding hydrogens is 264 g/mol. The third-order valence-corrected chi connectivity index (χ3v) is 5.15. The van der Waals surface area contributed by atoms with Gasteiger partial charge in [0, 0.05) is 13.6 Å². The zero-order chi connectivity index (χ0) is 15.0. The second-order valence-corrected chi connectivity index (χ2v) is 6.81. The lowest BCUT2D eigenvalue weighted by atomic mass is 9.70. The number of nitrogens with zero attached hydrogens (tertiary/aromatic N) is 2. The van der Waals surface area contributed by atoms with Crippen molar-refractivity contribution in [2.75, 3.05) is 17.2 Å². The molecule has 0 saturated heterocycles. The number of anilines is 2. The molecule has 5 nitrogen and oxygen atoms in total. The first kappa shape index (κ1) is 14.4. The van der Waals surface area contributed by atoms with Crippen LogP contribution in [0.15, 0.2) is 0 Å². The number of hydrogen-bond donors (Lipinski definition) is 2. The van der Waals surface area contributed by atoms with Crippen LogP contribution in [0.2, 0.25) is 0 Å². The van der Waals surface area contributed by atoms with Crippen molar-refractivity contribution in [2.45, 2.75) is 52.4 Å². The van der Waals surface area contributed by atoms with E-state index < -0.39 is 0 Å². The van der Waals surface area contributed by atoms with E-state index in [2.05, 4.69) is 29.6 Å². The van der Waals surface area contributed by atoms with Crippen LogP contribution in [-0.4, -0.2) is 22.2 Å². The zero-order valence-electron chi connectivity index (χ0n) is 13.3. The number of hydrogen-bond acceptors (Lipinski definition) is 3. The number of aromatic nitrogens is 2. The van der Waals surface area contributed by atoms with Gasteiger partial charge in [-0.05, 0) is 38.0 Å². The lowest BCUT2D eigenvalue weighted by Gasteiger charge is -2.36. The molecule has 1 aromatic rings. The molecule has 5 heteroatoms. The summed E-state index contributed by atoms with van der Waals surface area (Å²) >= 11 is 0. The first-order valence-corrected chi connectivity index (χ1v) is 8.17. The van der Waals surface area contributed by atoms with Crippen LogP contribution < -0.4 is 10.6 Å². The molecule has 1 aliphatic carbocycles. The van der Waals surface area contributed by atoms with Crippen LogP contribution in [0.1, 0.15) is 51.6 Å². The van der Waals surface area contributed by atoms with Crippen LogP contribution in [0.3, 0.4) is 0 Å². The fourth-order valence-corrected chi connectivity index (χ4v) is 3.62. The molecule has 1 fully saturated rings. The van der Waals surface area contributed by atoms with E-state index in [1.54, 1.807) is 0 Å². The van der Waals surface area contributed by atoms with Crippen molar-refractivity contribution in [3.8, 4) is 0 Å². The molecule has 0 aromatic carbocycles. The van der Waals surface area contributed by atoms with E-state index in [4.69, 9.17) is 0 Å². The molecule has 0 atom stereocenters. The van der Waals surface area contributed by atoms with E-state index in [0.29, 0.717) is 0 Å². The van der Waals surface area contributed by atoms with Gasteiger partial charge in [0.1, 0.15) is 11.5 Å². The number of carbonyl (C=O) groups is 1. The Labute approximate surface area is 126 Å². The summed E-state index contributed by atoms with van der Waals surface area (Å²) in [5.74, 6) is 1.89. The van der Waals surface area contributed by atoms with Crippen molar-refractivity contribution in [1.82, 2.24) is 9.78 Å². The number of aryl methyl sites for hydroxylation is 2. The summed E-state index contributed by atoms with van der Waals surface area (Å²) in [7, 11) is 1.94. The van der Waals surface area contributed by atoms with E-state index in [1.165, 1.54) is 0 Å². The minimum Gasteiger partial charge on any atom is -0.367 e. The highest BCUT2D eigenvalue weighted by Crippen LogP contribution is 2.43. The molecule has 116 valence electrons. The van der Waals surface area contributed by atoms with Crippen LogP contribution >= 0.6 is 0 Å². The number of nitrogens with one attached hydrogen (secondary N) is 2. The molecular formula is C16H26N4O. The molecule has 1 spiro atoms. The molecule has 2 heterocycles. The molecule has 0 unspecified atom stereocenters. The minimum atomic E-state index is -0.241. The van der Waals surface area contributed by atoms with Gasteiger partial charge in [0.25, 0.3) is 0 Å². The molecule has 0 bridgehead atoms. The van der Waals surface area contributed by atoms with Crippen molar-refractivity contribution < 1.29 is 4.79 Å². The van der Waals surface area contributed by atoms with Gasteiger partial charge in [-0.2, -0.15) is 5.10 Å². The summed E-state index contributed by atoms with van der Waals surface area (Å²) in [6.07, 6.45) is 6.18. The molecule has 2 aliphatic rings. The monoisotopic (exact) mass is 290 g/mol. The first-order chi connectivity index (χ1) is 10.1. The molecule has 1 aliphatic heterocycles. The molecule has 1 aromatic heterocycles. The van der Waals surface area contributed by atoms with Gasteiger partial charge in [-0.3, -0.25) is 9.48 Å². The van der Waals surface area contributed by atoms with E-state index in [9.17, 15) is 4.79 Å². The predicted octanol–water partition coefficient (Wildman–Crippen LogP) is 2.93. The van der Waals surface area contributed by atoms with Gasteiger partial charge < -0.3 is 10.6 Å². The molecule has 1 amide bonds. The summed E-state index contributed by atoms with van der Waals surface area (Å²) in [5.41, 5.74) is 1.66. The molecule has 1 saturated carbocycles. The quantitative estimate of drug-likeness (QED) is 0.880. The van der Waals surface area contributed by atoms with Crippen LogP contribution in [0.5, 0.6) is 0 Å². The lowest BCUT2D eigenvalue weighted by molar-refractivity contribution is -0.126. The van der Waals surface area contributed by atoms with E-state index in [-0.39, 0.29) is 11.3 Å². The van der Waals surface area contributed by atoms with Gasteiger partial charge in [0.2, 0.25) is 5.91 Å². The van der Waals surface area contributed by atoms with E-state index in [1.807, 2.05) is 11.7 Å². The third kappa shape index (κ3) is 2.43. The number of amides is 1. The molecule has 3 rings (SSSR count). The second kappa shape index (κ2) is 5.35. The fraction of sp³-hybridized carbons (Fsp3) is 0.750. The number of carbonyl (C=O) groups excluding carboxylic acids is 1. The number of fused-ring (bicyclic) bond motifs is 1. The van der Waals surface area contributed by atoms with Gasteiger partial charge in [-0.15, -0.1) is 0 Å². The van der Waals surface area contributed by atoms with Gasteiger partial charge in [0.15, 0.2) is 0 Å². The smallest absolute Gasteiger partial charge is 0.232 e. The second-order valence-electron chi connectivity index (χ2n) is 6.81. The minimum absolute atomic E-state index is 0.186.